The van der Waals surface area contributed by atoms with Crippen LogP contribution in [0.3, 0.4) is 0 Å². The molecule has 2 atom stereocenters. The van der Waals surface area contributed by atoms with Gasteiger partial charge >= 0.3 is 0 Å². The molecule has 2 unspecified atom stereocenters. The fraction of sp³-hybridized carbons (Fsp3) is 0.667. The standard InChI is InChI=1S/C12H19N5/c13-16-11-7-12(15-8-14-11)17-6-5-9-3-1-2-4-10(9)17/h7-10H,1-6,13H2,(H,14,15,16). The first-order chi connectivity index (χ1) is 8.38. The number of anilines is 2. The van der Waals surface area contributed by atoms with Gasteiger partial charge in [-0.25, -0.2) is 15.8 Å². The molecule has 2 heterocycles. The molecule has 1 aliphatic carbocycles. The molecule has 1 saturated heterocycles. The van der Waals surface area contributed by atoms with Crippen molar-refractivity contribution in [2.45, 2.75) is 38.1 Å². The van der Waals surface area contributed by atoms with E-state index >= 15 is 0 Å². The largest absolute Gasteiger partial charge is 0.353 e. The molecule has 1 aliphatic heterocycles. The average Bonchev–Trinajstić information content (AvgIpc) is 2.82. The first-order valence-corrected chi connectivity index (χ1v) is 6.44. The lowest BCUT2D eigenvalue weighted by Gasteiger charge is -2.32. The van der Waals surface area contributed by atoms with Gasteiger partial charge < -0.3 is 10.3 Å². The molecule has 1 saturated carbocycles. The summed E-state index contributed by atoms with van der Waals surface area (Å²) in [4.78, 5) is 10.9. The van der Waals surface area contributed by atoms with E-state index in [9.17, 15) is 0 Å². The summed E-state index contributed by atoms with van der Waals surface area (Å²) in [6, 6.07) is 2.63. The third-order valence-corrected chi connectivity index (χ3v) is 4.10. The minimum Gasteiger partial charge on any atom is -0.353 e. The van der Waals surface area contributed by atoms with Crippen LogP contribution in [0.1, 0.15) is 32.1 Å². The van der Waals surface area contributed by atoms with E-state index in [1.54, 1.807) is 6.33 Å². The van der Waals surface area contributed by atoms with Crippen molar-refractivity contribution in [2.24, 2.45) is 11.8 Å². The lowest BCUT2D eigenvalue weighted by molar-refractivity contribution is 0.341. The van der Waals surface area contributed by atoms with Crippen LogP contribution in [-0.2, 0) is 0 Å². The van der Waals surface area contributed by atoms with E-state index in [-0.39, 0.29) is 0 Å². The Kier molecular flexibility index (Phi) is 2.84. The second-order valence-electron chi connectivity index (χ2n) is 5.00. The van der Waals surface area contributed by atoms with Gasteiger partial charge in [0.15, 0.2) is 0 Å². The Morgan fingerprint density at radius 1 is 1.24 bits per heavy atom. The molecule has 0 bridgehead atoms. The Morgan fingerprint density at radius 3 is 3.00 bits per heavy atom. The van der Waals surface area contributed by atoms with E-state index in [1.807, 2.05) is 6.07 Å². The van der Waals surface area contributed by atoms with E-state index in [4.69, 9.17) is 5.84 Å². The molecule has 92 valence electrons. The third-order valence-electron chi connectivity index (χ3n) is 4.10. The topological polar surface area (TPSA) is 67.1 Å². The van der Waals surface area contributed by atoms with Gasteiger partial charge in [0.2, 0.25) is 0 Å². The van der Waals surface area contributed by atoms with Gasteiger partial charge in [-0.3, -0.25) is 0 Å². The summed E-state index contributed by atoms with van der Waals surface area (Å²) >= 11 is 0. The summed E-state index contributed by atoms with van der Waals surface area (Å²) in [6.07, 6.45) is 8.33. The Balaban J connectivity index is 1.83. The van der Waals surface area contributed by atoms with Crippen LogP contribution < -0.4 is 16.2 Å². The van der Waals surface area contributed by atoms with Gasteiger partial charge in [-0.1, -0.05) is 12.8 Å². The Labute approximate surface area is 101 Å². The van der Waals surface area contributed by atoms with E-state index in [1.165, 1.54) is 32.1 Å². The zero-order valence-electron chi connectivity index (χ0n) is 9.97. The molecule has 0 amide bonds. The lowest BCUT2D eigenvalue weighted by atomic mass is 9.85. The predicted octanol–water partition coefficient (Wildman–Crippen LogP) is 1.53. The number of nitrogens with zero attached hydrogens (tertiary/aromatic N) is 3. The van der Waals surface area contributed by atoms with Gasteiger partial charge in [0.05, 0.1) is 0 Å². The first kappa shape index (κ1) is 10.8. The molecule has 17 heavy (non-hydrogen) atoms. The van der Waals surface area contributed by atoms with Crippen LogP contribution in [0.25, 0.3) is 0 Å². The number of aromatic nitrogens is 2. The molecule has 0 aromatic carbocycles. The second-order valence-corrected chi connectivity index (χ2v) is 5.00. The van der Waals surface area contributed by atoms with Gasteiger partial charge in [-0.2, -0.15) is 0 Å². The number of rotatable bonds is 2. The molecule has 2 aliphatic rings. The maximum absolute atomic E-state index is 5.39. The number of hydrazine groups is 1. The summed E-state index contributed by atoms with van der Waals surface area (Å²) in [7, 11) is 0. The molecule has 1 aromatic heterocycles. The van der Waals surface area contributed by atoms with Gasteiger partial charge in [0.1, 0.15) is 18.0 Å². The van der Waals surface area contributed by atoms with Crippen molar-refractivity contribution in [3.8, 4) is 0 Å². The Hall–Kier alpha value is -1.36. The van der Waals surface area contributed by atoms with Crippen LogP contribution in [0.2, 0.25) is 0 Å². The van der Waals surface area contributed by atoms with Crippen molar-refractivity contribution < 1.29 is 0 Å². The SMILES string of the molecule is NNc1cc(N2CCC3CCCCC32)ncn1. The number of hydrogen-bond donors (Lipinski definition) is 2. The van der Waals surface area contributed by atoms with E-state index in [0.717, 1.165) is 18.3 Å². The summed E-state index contributed by atoms with van der Waals surface area (Å²) < 4.78 is 0. The quantitative estimate of drug-likeness (QED) is 0.599. The average molecular weight is 233 g/mol. The molecule has 5 heteroatoms. The number of nitrogens with one attached hydrogen (secondary N) is 1. The number of hydrogen-bond acceptors (Lipinski definition) is 5. The molecular weight excluding hydrogens is 214 g/mol. The molecule has 0 radical (unpaired) electrons. The van der Waals surface area contributed by atoms with Gasteiger partial charge in [-0.15, -0.1) is 0 Å². The monoisotopic (exact) mass is 233 g/mol. The van der Waals surface area contributed by atoms with Gasteiger partial charge in [0, 0.05) is 18.7 Å². The summed E-state index contributed by atoms with van der Waals surface area (Å²) in [5.41, 5.74) is 2.59. The van der Waals surface area contributed by atoms with E-state index < -0.39 is 0 Å². The molecule has 0 spiro atoms. The van der Waals surface area contributed by atoms with Crippen LogP contribution in [0, 0.1) is 5.92 Å². The highest BCUT2D eigenvalue weighted by molar-refractivity contribution is 5.49. The molecular formula is C12H19N5. The van der Waals surface area contributed by atoms with E-state index in [0.29, 0.717) is 11.9 Å². The third kappa shape index (κ3) is 1.95. The molecule has 3 rings (SSSR count). The zero-order valence-corrected chi connectivity index (χ0v) is 9.97. The number of nitrogens with two attached hydrogens (primary N) is 1. The molecule has 5 nitrogen and oxygen atoms in total. The van der Waals surface area contributed by atoms with Crippen molar-refractivity contribution in [3.63, 3.8) is 0 Å². The highest BCUT2D eigenvalue weighted by atomic mass is 15.3. The minimum atomic E-state index is 0.685. The van der Waals surface area contributed by atoms with Crippen molar-refractivity contribution in [2.75, 3.05) is 16.9 Å². The maximum atomic E-state index is 5.39. The number of fused-ring (bicyclic) bond motifs is 1. The highest BCUT2D eigenvalue weighted by Gasteiger charge is 2.36. The van der Waals surface area contributed by atoms with Crippen LogP contribution in [0.5, 0.6) is 0 Å². The van der Waals surface area contributed by atoms with E-state index in [2.05, 4.69) is 20.3 Å². The summed E-state index contributed by atoms with van der Waals surface area (Å²) in [5.74, 6) is 7.96. The normalized spacial score (nSPS) is 27.9. The van der Waals surface area contributed by atoms with Crippen LogP contribution in [0.15, 0.2) is 12.4 Å². The second kappa shape index (κ2) is 4.49. The smallest absolute Gasteiger partial charge is 0.145 e. The summed E-state index contributed by atoms with van der Waals surface area (Å²) in [6.45, 7) is 1.12. The molecule has 1 aromatic rings. The molecule has 2 fully saturated rings. The first-order valence-electron chi connectivity index (χ1n) is 6.44. The summed E-state index contributed by atoms with van der Waals surface area (Å²) in [5, 5.41) is 0. The highest BCUT2D eigenvalue weighted by Crippen LogP contribution is 2.38. The van der Waals surface area contributed by atoms with Crippen LogP contribution >= 0.6 is 0 Å². The fourth-order valence-corrected chi connectivity index (χ4v) is 3.27. The molecule has 3 N–H and O–H groups in total. The lowest BCUT2D eigenvalue weighted by Crippen LogP contribution is -2.35. The maximum Gasteiger partial charge on any atom is 0.145 e. The van der Waals surface area contributed by atoms with Crippen molar-refractivity contribution >= 4 is 11.6 Å². The fourth-order valence-electron chi connectivity index (χ4n) is 3.27. The van der Waals surface area contributed by atoms with Crippen molar-refractivity contribution in [1.82, 2.24) is 9.97 Å². The van der Waals surface area contributed by atoms with Crippen molar-refractivity contribution in [1.29, 1.82) is 0 Å². The predicted molar refractivity (Wildman–Crippen MR) is 67.6 cm³/mol. The van der Waals surface area contributed by atoms with Crippen LogP contribution in [-0.4, -0.2) is 22.6 Å². The van der Waals surface area contributed by atoms with Gasteiger partial charge in [-0.05, 0) is 25.2 Å². The Bertz CT molecular complexity index is 394. The van der Waals surface area contributed by atoms with Crippen molar-refractivity contribution in [3.05, 3.63) is 12.4 Å². The number of nitrogen functional groups attached to an aromatic ring is 1. The Morgan fingerprint density at radius 2 is 2.12 bits per heavy atom. The zero-order chi connectivity index (χ0) is 11.7. The van der Waals surface area contributed by atoms with Crippen LogP contribution in [0.4, 0.5) is 11.6 Å². The van der Waals surface area contributed by atoms with Gasteiger partial charge in [0.25, 0.3) is 0 Å². The minimum absolute atomic E-state index is 0.685.